The first kappa shape index (κ1) is 13.2. The Labute approximate surface area is 112 Å². The van der Waals surface area contributed by atoms with E-state index in [-0.39, 0.29) is 0 Å². The fraction of sp³-hybridized carbons (Fsp3) is 0.400. The van der Waals surface area contributed by atoms with E-state index in [0.717, 1.165) is 16.3 Å². The molecule has 1 aromatic heterocycles. The Bertz CT molecular complexity index is 537. The summed E-state index contributed by atoms with van der Waals surface area (Å²) < 4.78 is 0. The molecule has 3 heteroatoms. The predicted octanol–water partition coefficient (Wildman–Crippen LogP) is 3.52. The minimum Gasteiger partial charge on any atom is -0.385 e. The second-order valence-electron chi connectivity index (χ2n) is 5.18. The molecule has 18 heavy (non-hydrogen) atoms. The predicted molar refractivity (Wildman–Crippen MR) is 76.0 cm³/mol. The number of aliphatic hydroxyl groups is 1. The van der Waals surface area contributed by atoms with Gasteiger partial charge in [-0.05, 0) is 33.3 Å². The van der Waals surface area contributed by atoms with Crippen LogP contribution in [-0.2, 0) is 12.0 Å². The Balaban J connectivity index is 2.29. The molecular formula is C15H19NOS. The van der Waals surface area contributed by atoms with Crippen LogP contribution in [-0.4, -0.2) is 10.1 Å². The third-order valence-electron chi connectivity index (χ3n) is 3.04. The summed E-state index contributed by atoms with van der Waals surface area (Å²) in [6, 6.07) is 6.21. The van der Waals surface area contributed by atoms with Gasteiger partial charge in [0.05, 0.1) is 16.3 Å². The lowest BCUT2D eigenvalue weighted by atomic mass is 9.89. The first-order valence-electron chi connectivity index (χ1n) is 6.09. The average molecular weight is 261 g/mol. The summed E-state index contributed by atoms with van der Waals surface area (Å²) in [5.41, 5.74) is 3.42. The van der Waals surface area contributed by atoms with E-state index in [1.165, 1.54) is 11.1 Å². The minimum atomic E-state index is -0.864. The average Bonchev–Trinajstić information content (AvgIpc) is 2.61. The lowest BCUT2D eigenvalue weighted by Gasteiger charge is -2.24. The van der Waals surface area contributed by atoms with Crippen LogP contribution in [0.2, 0.25) is 0 Å². The lowest BCUT2D eigenvalue weighted by molar-refractivity contribution is 0.0566. The van der Waals surface area contributed by atoms with Gasteiger partial charge in [0, 0.05) is 11.8 Å². The van der Waals surface area contributed by atoms with Crippen molar-refractivity contribution in [1.29, 1.82) is 0 Å². The van der Waals surface area contributed by atoms with Crippen LogP contribution >= 0.6 is 11.3 Å². The van der Waals surface area contributed by atoms with Gasteiger partial charge >= 0.3 is 0 Å². The van der Waals surface area contributed by atoms with Crippen LogP contribution in [0.4, 0.5) is 0 Å². The Hall–Kier alpha value is -1.19. The lowest BCUT2D eigenvalue weighted by Crippen LogP contribution is -2.24. The van der Waals surface area contributed by atoms with Crippen LogP contribution < -0.4 is 0 Å². The van der Waals surface area contributed by atoms with Crippen molar-refractivity contribution in [1.82, 2.24) is 4.98 Å². The monoisotopic (exact) mass is 261 g/mol. The Morgan fingerprint density at radius 1 is 1.17 bits per heavy atom. The highest BCUT2D eigenvalue weighted by molar-refractivity contribution is 7.09. The molecule has 1 heterocycles. The molecule has 0 spiro atoms. The second kappa shape index (κ2) is 4.82. The highest BCUT2D eigenvalue weighted by Crippen LogP contribution is 2.27. The molecule has 2 aromatic rings. The van der Waals surface area contributed by atoms with Crippen molar-refractivity contribution in [2.45, 2.75) is 39.7 Å². The van der Waals surface area contributed by atoms with Gasteiger partial charge in [0.25, 0.3) is 0 Å². The van der Waals surface area contributed by atoms with E-state index in [1.54, 1.807) is 11.3 Å². The molecule has 1 unspecified atom stereocenters. The number of aromatic nitrogens is 1. The molecule has 2 nitrogen and oxygen atoms in total. The number of rotatable bonds is 3. The van der Waals surface area contributed by atoms with Gasteiger partial charge in [0.2, 0.25) is 0 Å². The van der Waals surface area contributed by atoms with Crippen molar-refractivity contribution in [3.63, 3.8) is 0 Å². The SMILES string of the molecule is Cc1cc(C)cc(C(C)(O)Cc2csc(C)n2)c1. The summed E-state index contributed by atoms with van der Waals surface area (Å²) in [6.07, 6.45) is 0.556. The fourth-order valence-electron chi connectivity index (χ4n) is 2.23. The first-order chi connectivity index (χ1) is 8.37. The molecule has 0 aliphatic carbocycles. The third-order valence-corrected chi connectivity index (χ3v) is 3.86. The molecule has 0 aliphatic heterocycles. The quantitative estimate of drug-likeness (QED) is 0.917. The molecule has 1 atom stereocenters. The summed E-state index contributed by atoms with van der Waals surface area (Å²) in [7, 11) is 0. The van der Waals surface area contributed by atoms with Crippen LogP contribution in [0.25, 0.3) is 0 Å². The van der Waals surface area contributed by atoms with Crippen molar-refractivity contribution >= 4 is 11.3 Å². The van der Waals surface area contributed by atoms with Gasteiger partial charge in [-0.15, -0.1) is 11.3 Å². The molecule has 0 amide bonds. The minimum absolute atomic E-state index is 0.556. The van der Waals surface area contributed by atoms with Gasteiger partial charge < -0.3 is 5.11 Å². The molecule has 0 bridgehead atoms. The number of aryl methyl sites for hydroxylation is 3. The van der Waals surface area contributed by atoms with Gasteiger partial charge in [-0.1, -0.05) is 29.3 Å². The maximum absolute atomic E-state index is 10.7. The Kier molecular flexibility index (Phi) is 3.55. The number of hydrogen-bond donors (Lipinski definition) is 1. The van der Waals surface area contributed by atoms with Gasteiger partial charge in [0.15, 0.2) is 0 Å². The normalized spacial score (nSPS) is 14.5. The molecule has 0 saturated heterocycles. The van der Waals surface area contributed by atoms with Crippen molar-refractivity contribution < 1.29 is 5.11 Å². The fourth-order valence-corrected chi connectivity index (χ4v) is 2.84. The zero-order chi connectivity index (χ0) is 13.3. The van der Waals surface area contributed by atoms with Crippen LogP contribution in [0.5, 0.6) is 0 Å². The van der Waals surface area contributed by atoms with Crippen molar-refractivity contribution in [3.05, 3.63) is 51.0 Å². The molecule has 2 rings (SSSR count). The van der Waals surface area contributed by atoms with Gasteiger partial charge in [-0.25, -0.2) is 4.98 Å². The number of nitrogens with zero attached hydrogens (tertiary/aromatic N) is 1. The smallest absolute Gasteiger partial charge is 0.0924 e. The summed E-state index contributed by atoms with van der Waals surface area (Å²) in [6.45, 7) is 7.95. The van der Waals surface area contributed by atoms with E-state index in [2.05, 4.69) is 24.9 Å². The van der Waals surface area contributed by atoms with E-state index in [1.807, 2.05) is 31.4 Å². The van der Waals surface area contributed by atoms with Crippen LogP contribution in [0, 0.1) is 20.8 Å². The maximum atomic E-state index is 10.7. The molecule has 0 fully saturated rings. The van der Waals surface area contributed by atoms with E-state index in [9.17, 15) is 5.11 Å². The van der Waals surface area contributed by atoms with Gasteiger partial charge in [-0.2, -0.15) is 0 Å². The Morgan fingerprint density at radius 2 is 1.78 bits per heavy atom. The zero-order valence-electron chi connectivity index (χ0n) is 11.3. The second-order valence-corrected chi connectivity index (χ2v) is 6.25. The maximum Gasteiger partial charge on any atom is 0.0924 e. The van der Waals surface area contributed by atoms with Crippen molar-refractivity contribution in [2.24, 2.45) is 0 Å². The Morgan fingerprint density at radius 3 is 2.28 bits per heavy atom. The number of benzene rings is 1. The van der Waals surface area contributed by atoms with Gasteiger partial charge in [0.1, 0.15) is 0 Å². The molecule has 1 N–H and O–H groups in total. The highest BCUT2D eigenvalue weighted by Gasteiger charge is 2.25. The molecule has 0 radical (unpaired) electrons. The van der Waals surface area contributed by atoms with E-state index in [0.29, 0.717) is 6.42 Å². The summed E-state index contributed by atoms with van der Waals surface area (Å²) >= 11 is 1.62. The zero-order valence-corrected chi connectivity index (χ0v) is 12.1. The summed E-state index contributed by atoms with van der Waals surface area (Å²) in [5, 5.41) is 13.7. The molecule has 0 aliphatic rings. The van der Waals surface area contributed by atoms with Crippen LogP contribution in [0.1, 0.15) is 34.3 Å². The topological polar surface area (TPSA) is 33.1 Å². The number of hydrogen-bond acceptors (Lipinski definition) is 3. The highest BCUT2D eigenvalue weighted by atomic mass is 32.1. The van der Waals surface area contributed by atoms with Crippen molar-refractivity contribution in [3.8, 4) is 0 Å². The first-order valence-corrected chi connectivity index (χ1v) is 6.97. The largest absolute Gasteiger partial charge is 0.385 e. The summed E-state index contributed by atoms with van der Waals surface area (Å²) in [4.78, 5) is 4.42. The van der Waals surface area contributed by atoms with Crippen LogP contribution in [0.15, 0.2) is 23.6 Å². The van der Waals surface area contributed by atoms with Gasteiger partial charge in [-0.3, -0.25) is 0 Å². The molecule has 96 valence electrons. The molecular weight excluding hydrogens is 242 g/mol. The van der Waals surface area contributed by atoms with E-state index < -0.39 is 5.60 Å². The molecule has 0 saturated carbocycles. The van der Waals surface area contributed by atoms with E-state index in [4.69, 9.17) is 0 Å². The van der Waals surface area contributed by atoms with Crippen LogP contribution in [0.3, 0.4) is 0 Å². The standard InChI is InChI=1S/C15H19NOS/c1-10-5-11(2)7-13(6-10)15(4,17)8-14-9-18-12(3)16-14/h5-7,9,17H,8H2,1-4H3. The summed E-state index contributed by atoms with van der Waals surface area (Å²) in [5.74, 6) is 0. The van der Waals surface area contributed by atoms with Crippen molar-refractivity contribution in [2.75, 3.05) is 0 Å². The molecule has 1 aromatic carbocycles. The number of thiazole rings is 1. The third kappa shape index (κ3) is 2.98. The van der Waals surface area contributed by atoms with E-state index >= 15 is 0 Å².